The van der Waals surface area contributed by atoms with Crippen LogP contribution in [0.5, 0.6) is 17.2 Å². The summed E-state index contributed by atoms with van der Waals surface area (Å²) in [6.45, 7) is 4.41. The molecule has 2 N–H and O–H groups in total. The first-order valence-corrected chi connectivity index (χ1v) is 18.1. The second-order valence-electron chi connectivity index (χ2n) is 14.1. The lowest BCUT2D eigenvalue weighted by Crippen LogP contribution is -2.52. The smallest absolute Gasteiger partial charge is 0.255 e. The predicted octanol–water partition coefficient (Wildman–Crippen LogP) is 5.60. The number of likely N-dealkylation sites (tertiary alicyclic amines) is 1. The average Bonchev–Trinajstić information content (AvgIpc) is 3.48. The summed E-state index contributed by atoms with van der Waals surface area (Å²) >= 11 is 0. The minimum Gasteiger partial charge on any atom is -0.508 e. The molecule has 4 aromatic carbocycles. The maximum atomic E-state index is 13.1. The summed E-state index contributed by atoms with van der Waals surface area (Å²) in [4.78, 5) is 41.1. The molecule has 3 amide bonds. The maximum absolute atomic E-state index is 13.1. The number of piperidine rings is 1. The number of imide groups is 1. The molecule has 9 heteroatoms. The van der Waals surface area contributed by atoms with Crippen molar-refractivity contribution in [3.8, 4) is 29.1 Å². The average molecular weight is 696 g/mol. The standard InChI is InChI=1S/C43H41N3O6/c47-32-15-18-35-39(23-32)52-27-37(30-8-2-1-3-9-30)41(35)31-13-16-33(17-14-31)51-22-21-45-24-28(25-45)7-4-5-10-29-11-6-12-34-36(29)26-46(43(34)50)38-19-20-40(48)44-42(38)49/h1-3,6,8-9,11-18,23,28,37-38,41,47H,4,7,19-22,24-27H2,(H,44,48,49)/t37-,38?,41?/m1/s1. The van der Waals surface area contributed by atoms with Gasteiger partial charge in [-0.1, -0.05) is 66.4 Å². The fraction of sp³-hybridized carbons (Fsp3) is 0.326. The van der Waals surface area contributed by atoms with Crippen LogP contribution in [0.4, 0.5) is 0 Å². The summed E-state index contributed by atoms with van der Waals surface area (Å²) in [5, 5.41) is 12.4. The first kappa shape index (κ1) is 33.5. The summed E-state index contributed by atoms with van der Waals surface area (Å²) in [7, 11) is 0. The predicted molar refractivity (Wildman–Crippen MR) is 195 cm³/mol. The number of nitrogens with zero attached hydrogens (tertiary/aromatic N) is 2. The Morgan fingerprint density at radius 2 is 1.75 bits per heavy atom. The van der Waals surface area contributed by atoms with E-state index >= 15 is 0 Å². The van der Waals surface area contributed by atoms with E-state index in [1.54, 1.807) is 23.1 Å². The largest absolute Gasteiger partial charge is 0.508 e. The van der Waals surface area contributed by atoms with Crippen LogP contribution in [-0.4, -0.2) is 71.5 Å². The molecular weight excluding hydrogens is 654 g/mol. The molecule has 0 spiro atoms. The van der Waals surface area contributed by atoms with Gasteiger partial charge < -0.3 is 19.5 Å². The molecule has 4 aromatic rings. The molecule has 2 fully saturated rings. The van der Waals surface area contributed by atoms with Crippen molar-refractivity contribution in [3.63, 3.8) is 0 Å². The summed E-state index contributed by atoms with van der Waals surface area (Å²) in [5.41, 5.74) is 5.76. The molecule has 3 atom stereocenters. The zero-order valence-corrected chi connectivity index (χ0v) is 28.9. The van der Waals surface area contributed by atoms with Crippen molar-refractivity contribution < 1.29 is 29.0 Å². The van der Waals surface area contributed by atoms with Crippen LogP contribution < -0.4 is 14.8 Å². The van der Waals surface area contributed by atoms with E-state index in [0.717, 1.165) is 60.7 Å². The van der Waals surface area contributed by atoms with Crippen LogP contribution in [0.1, 0.15) is 75.7 Å². The van der Waals surface area contributed by atoms with E-state index in [9.17, 15) is 19.5 Å². The van der Waals surface area contributed by atoms with E-state index in [-0.39, 0.29) is 35.8 Å². The van der Waals surface area contributed by atoms with Gasteiger partial charge in [0.2, 0.25) is 11.8 Å². The molecular formula is C43H41N3O6. The van der Waals surface area contributed by atoms with Crippen molar-refractivity contribution >= 4 is 17.7 Å². The van der Waals surface area contributed by atoms with Crippen molar-refractivity contribution in [2.75, 3.05) is 32.8 Å². The fourth-order valence-electron chi connectivity index (χ4n) is 8.04. The lowest BCUT2D eigenvalue weighted by atomic mass is 9.76. The van der Waals surface area contributed by atoms with Crippen LogP contribution in [0.15, 0.2) is 91.0 Å². The van der Waals surface area contributed by atoms with Crippen LogP contribution in [0.25, 0.3) is 0 Å². The Balaban J connectivity index is 0.801. The quantitative estimate of drug-likeness (QED) is 0.173. The molecule has 0 bridgehead atoms. The van der Waals surface area contributed by atoms with Gasteiger partial charge in [0.1, 0.15) is 29.9 Å². The molecule has 2 saturated heterocycles. The van der Waals surface area contributed by atoms with Gasteiger partial charge >= 0.3 is 0 Å². The van der Waals surface area contributed by atoms with Gasteiger partial charge in [0, 0.05) is 73.6 Å². The van der Waals surface area contributed by atoms with E-state index < -0.39 is 11.9 Å². The monoisotopic (exact) mass is 695 g/mol. The number of benzene rings is 4. The normalized spacial score (nSPS) is 21.3. The molecule has 0 saturated carbocycles. The summed E-state index contributed by atoms with van der Waals surface area (Å²) in [6, 6.07) is 29.2. The molecule has 52 heavy (non-hydrogen) atoms. The van der Waals surface area contributed by atoms with Gasteiger partial charge in [-0.3, -0.25) is 24.6 Å². The summed E-state index contributed by atoms with van der Waals surface area (Å²) in [6.07, 6.45) is 2.38. The van der Waals surface area contributed by atoms with E-state index in [4.69, 9.17) is 9.47 Å². The van der Waals surface area contributed by atoms with E-state index in [2.05, 4.69) is 70.6 Å². The number of carbonyl (C=O) groups is 3. The Labute approximate surface area is 303 Å². The van der Waals surface area contributed by atoms with Crippen LogP contribution in [0, 0.1) is 17.8 Å². The molecule has 8 rings (SSSR count). The highest BCUT2D eigenvalue weighted by molar-refractivity contribution is 6.05. The van der Waals surface area contributed by atoms with Gasteiger partial charge in [0.25, 0.3) is 5.91 Å². The van der Waals surface area contributed by atoms with Crippen molar-refractivity contribution in [2.45, 2.75) is 50.1 Å². The Bertz CT molecular complexity index is 2050. The number of hydrogen-bond acceptors (Lipinski definition) is 7. The second-order valence-corrected chi connectivity index (χ2v) is 14.1. The minimum absolute atomic E-state index is 0.0940. The van der Waals surface area contributed by atoms with Gasteiger partial charge in [0.05, 0.1) is 6.61 Å². The molecule has 4 heterocycles. The van der Waals surface area contributed by atoms with Crippen molar-refractivity contribution in [1.82, 2.24) is 15.1 Å². The van der Waals surface area contributed by atoms with Crippen LogP contribution in [0.2, 0.25) is 0 Å². The van der Waals surface area contributed by atoms with Gasteiger partial charge in [-0.2, -0.15) is 0 Å². The van der Waals surface area contributed by atoms with E-state index in [1.165, 1.54) is 11.1 Å². The van der Waals surface area contributed by atoms with Crippen LogP contribution in [-0.2, 0) is 16.1 Å². The van der Waals surface area contributed by atoms with Gasteiger partial charge in [0.15, 0.2) is 0 Å². The molecule has 264 valence electrons. The number of carbonyl (C=O) groups excluding carboxylic acids is 3. The summed E-state index contributed by atoms with van der Waals surface area (Å²) in [5.74, 6) is 8.35. The van der Waals surface area contributed by atoms with Crippen molar-refractivity contribution in [3.05, 3.63) is 124 Å². The first-order chi connectivity index (χ1) is 25.4. The topological polar surface area (TPSA) is 108 Å². The Morgan fingerprint density at radius 1 is 0.923 bits per heavy atom. The lowest BCUT2D eigenvalue weighted by molar-refractivity contribution is -0.136. The highest BCUT2D eigenvalue weighted by Gasteiger charge is 2.40. The zero-order valence-electron chi connectivity index (χ0n) is 28.9. The number of amides is 3. The fourth-order valence-corrected chi connectivity index (χ4v) is 8.04. The highest BCUT2D eigenvalue weighted by atomic mass is 16.5. The maximum Gasteiger partial charge on any atom is 0.255 e. The van der Waals surface area contributed by atoms with Crippen molar-refractivity contribution in [1.29, 1.82) is 0 Å². The Hall–Kier alpha value is -5.59. The number of fused-ring (bicyclic) bond motifs is 2. The number of ether oxygens (including phenoxy) is 2. The van der Waals surface area contributed by atoms with Crippen LogP contribution in [0.3, 0.4) is 0 Å². The third-order valence-corrected chi connectivity index (χ3v) is 10.8. The van der Waals surface area contributed by atoms with E-state index in [0.29, 0.717) is 37.7 Å². The Kier molecular flexibility index (Phi) is 9.40. The third-order valence-electron chi connectivity index (χ3n) is 10.8. The first-order valence-electron chi connectivity index (χ1n) is 18.1. The minimum atomic E-state index is -0.627. The van der Waals surface area contributed by atoms with Gasteiger partial charge in [-0.15, -0.1) is 0 Å². The van der Waals surface area contributed by atoms with Crippen LogP contribution >= 0.6 is 0 Å². The molecule has 2 unspecified atom stereocenters. The number of hydrogen-bond donors (Lipinski definition) is 2. The third kappa shape index (κ3) is 6.87. The lowest BCUT2D eigenvalue weighted by Gasteiger charge is -2.39. The van der Waals surface area contributed by atoms with Gasteiger partial charge in [-0.05, 0) is 65.8 Å². The second kappa shape index (κ2) is 14.6. The number of phenolic OH excluding ortho intramolecular Hbond substituents is 1. The molecule has 4 aliphatic heterocycles. The SMILES string of the molecule is O=C1CCC(N2Cc3c(C#CCCC4CN(CCOc5ccc(C6c7ccc(O)cc7OC[C@@H]6c6ccccc6)cc5)C4)cccc3C2=O)C(=O)N1. The summed E-state index contributed by atoms with van der Waals surface area (Å²) < 4.78 is 12.3. The highest BCUT2D eigenvalue weighted by Crippen LogP contribution is 2.47. The zero-order chi connectivity index (χ0) is 35.6. The number of nitrogens with one attached hydrogen (secondary N) is 1. The molecule has 0 aliphatic carbocycles. The number of rotatable bonds is 9. The molecule has 0 radical (unpaired) electrons. The molecule has 9 nitrogen and oxygen atoms in total. The van der Waals surface area contributed by atoms with Gasteiger partial charge in [-0.25, -0.2) is 0 Å². The Morgan fingerprint density at radius 3 is 2.56 bits per heavy atom. The number of aromatic hydroxyl groups is 1. The molecule has 4 aliphatic rings. The molecule has 0 aromatic heterocycles. The van der Waals surface area contributed by atoms with E-state index in [1.807, 2.05) is 24.3 Å². The number of phenols is 1. The van der Waals surface area contributed by atoms with Crippen molar-refractivity contribution in [2.24, 2.45) is 5.92 Å².